The van der Waals surface area contributed by atoms with Gasteiger partial charge >= 0.3 is 0 Å². The molecule has 6 nitrogen and oxygen atoms in total. The van der Waals surface area contributed by atoms with Gasteiger partial charge in [0.1, 0.15) is 17.4 Å². The number of benzene rings is 1. The summed E-state index contributed by atoms with van der Waals surface area (Å²) < 4.78 is 2.33. The summed E-state index contributed by atoms with van der Waals surface area (Å²) in [6.45, 7) is 2.82. The third kappa shape index (κ3) is 3.33. The lowest BCUT2D eigenvalue weighted by atomic mass is 9.93. The summed E-state index contributed by atoms with van der Waals surface area (Å²) in [5.41, 5.74) is 3.17. The highest BCUT2D eigenvalue weighted by molar-refractivity contribution is 5.85. The van der Waals surface area contributed by atoms with Crippen LogP contribution in [-0.4, -0.2) is 38.4 Å². The molecule has 2 aliphatic heterocycles. The van der Waals surface area contributed by atoms with Crippen molar-refractivity contribution in [1.82, 2.24) is 24.8 Å². The van der Waals surface area contributed by atoms with E-state index in [4.69, 9.17) is 4.98 Å². The molecule has 28 heavy (non-hydrogen) atoms. The molecule has 4 heterocycles. The van der Waals surface area contributed by atoms with Gasteiger partial charge in [-0.15, -0.1) is 0 Å². The molecular weight excluding hydrogens is 350 g/mol. The number of Topliss-reactive ketones (excluding diaryl/α,β-unsaturated/α-hetero) is 1. The van der Waals surface area contributed by atoms with Gasteiger partial charge in [0, 0.05) is 42.6 Å². The van der Waals surface area contributed by atoms with Crippen LogP contribution in [0.15, 0.2) is 30.6 Å². The van der Waals surface area contributed by atoms with Gasteiger partial charge in [-0.25, -0.2) is 15.0 Å². The molecule has 144 valence electrons. The molecule has 0 saturated carbocycles. The first-order valence-electron chi connectivity index (χ1n) is 10.3. The Bertz CT molecular complexity index is 1020. The molecule has 1 aromatic carbocycles. The molecule has 0 amide bonds. The smallest absolute Gasteiger partial charge is 0.144 e. The lowest BCUT2D eigenvalue weighted by molar-refractivity contribution is -0.122. The van der Waals surface area contributed by atoms with E-state index in [0.29, 0.717) is 12.2 Å². The number of piperidine rings is 1. The number of hydrogen-bond donors (Lipinski definition) is 1. The summed E-state index contributed by atoms with van der Waals surface area (Å²) in [4.78, 5) is 26.3. The van der Waals surface area contributed by atoms with Crippen molar-refractivity contribution >= 4 is 16.7 Å². The zero-order chi connectivity index (χ0) is 18.9. The number of ketones is 1. The second-order valence-corrected chi connectivity index (χ2v) is 7.91. The number of imidazole rings is 1. The van der Waals surface area contributed by atoms with Crippen molar-refractivity contribution < 1.29 is 4.79 Å². The van der Waals surface area contributed by atoms with Gasteiger partial charge in [0.25, 0.3) is 0 Å². The van der Waals surface area contributed by atoms with Gasteiger partial charge in [-0.1, -0.05) is 12.1 Å². The van der Waals surface area contributed by atoms with E-state index >= 15 is 0 Å². The van der Waals surface area contributed by atoms with Crippen molar-refractivity contribution in [3.8, 4) is 11.3 Å². The molecule has 0 radical (unpaired) electrons. The van der Waals surface area contributed by atoms with Crippen molar-refractivity contribution in [3.63, 3.8) is 0 Å². The van der Waals surface area contributed by atoms with E-state index in [1.54, 1.807) is 0 Å². The number of aryl methyl sites for hydroxylation is 1. The van der Waals surface area contributed by atoms with Crippen molar-refractivity contribution in [1.29, 1.82) is 0 Å². The Morgan fingerprint density at radius 3 is 3.04 bits per heavy atom. The lowest BCUT2D eigenvalue weighted by Gasteiger charge is -2.21. The second kappa shape index (κ2) is 7.43. The Hall–Kier alpha value is -2.60. The van der Waals surface area contributed by atoms with Crippen LogP contribution in [-0.2, 0) is 24.2 Å². The van der Waals surface area contributed by atoms with Crippen LogP contribution in [0.2, 0.25) is 0 Å². The minimum Gasteiger partial charge on any atom is -0.328 e. The predicted octanol–water partition coefficient (Wildman–Crippen LogP) is 2.94. The highest BCUT2D eigenvalue weighted by atomic mass is 16.1. The summed E-state index contributed by atoms with van der Waals surface area (Å²) in [7, 11) is 0. The molecule has 2 aromatic heterocycles. The molecule has 1 atom stereocenters. The minimum atomic E-state index is 0.0951. The van der Waals surface area contributed by atoms with Crippen molar-refractivity contribution in [2.75, 3.05) is 13.1 Å². The van der Waals surface area contributed by atoms with E-state index in [9.17, 15) is 4.79 Å². The van der Waals surface area contributed by atoms with E-state index in [2.05, 4.69) is 38.1 Å². The Balaban J connectivity index is 1.43. The third-order valence-electron chi connectivity index (χ3n) is 5.98. The van der Waals surface area contributed by atoms with Gasteiger partial charge in [0.15, 0.2) is 0 Å². The Labute approximate surface area is 164 Å². The fraction of sp³-hybridized carbons (Fsp3) is 0.455. The topological polar surface area (TPSA) is 72.7 Å². The van der Waals surface area contributed by atoms with Crippen LogP contribution in [0, 0.1) is 5.92 Å². The Morgan fingerprint density at radius 1 is 1.18 bits per heavy atom. The van der Waals surface area contributed by atoms with Gasteiger partial charge in [-0.2, -0.15) is 0 Å². The highest BCUT2D eigenvalue weighted by Crippen LogP contribution is 2.27. The molecule has 2 aliphatic rings. The molecule has 5 rings (SSSR count). The fourth-order valence-electron chi connectivity index (χ4n) is 4.38. The first-order valence-corrected chi connectivity index (χ1v) is 10.3. The molecule has 0 spiro atoms. The molecule has 1 fully saturated rings. The molecule has 1 N–H and O–H groups in total. The highest BCUT2D eigenvalue weighted by Gasteiger charge is 2.22. The van der Waals surface area contributed by atoms with Crippen molar-refractivity contribution in [2.24, 2.45) is 5.92 Å². The lowest BCUT2D eigenvalue weighted by Crippen LogP contribution is -2.35. The standard InChI is InChI=1S/C22H25N5O/c28-20(17-4-3-8-23-12-17)11-21-24-13-16-7-6-15(10-18(16)26-21)19-14-25-22-5-1-2-9-27(19)22/h6-7,10,13-14,17,23H,1-5,8-9,11-12H2/t17-/m1/s1. The number of carbonyl (C=O) groups is 1. The molecule has 0 bridgehead atoms. The largest absolute Gasteiger partial charge is 0.328 e. The molecular formula is C22H25N5O. The van der Waals surface area contributed by atoms with Crippen LogP contribution >= 0.6 is 0 Å². The van der Waals surface area contributed by atoms with Crippen LogP contribution in [0.3, 0.4) is 0 Å². The van der Waals surface area contributed by atoms with E-state index in [-0.39, 0.29) is 11.7 Å². The number of aromatic nitrogens is 4. The minimum absolute atomic E-state index is 0.0951. The number of nitrogens with zero attached hydrogens (tertiary/aromatic N) is 4. The molecule has 3 aromatic rings. The number of rotatable bonds is 4. The zero-order valence-corrected chi connectivity index (χ0v) is 16.0. The first-order chi connectivity index (χ1) is 13.8. The normalized spacial score (nSPS) is 19.5. The second-order valence-electron chi connectivity index (χ2n) is 7.91. The van der Waals surface area contributed by atoms with Gasteiger partial charge in [-0.3, -0.25) is 4.79 Å². The van der Waals surface area contributed by atoms with Crippen LogP contribution < -0.4 is 5.32 Å². The molecule has 1 saturated heterocycles. The Morgan fingerprint density at radius 2 is 2.14 bits per heavy atom. The first kappa shape index (κ1) is 17.5. The van der Waals surface area contributed by atoms with E-state index in [0.717, 1.165) is 61.1 Å². The van der Waals surface area contributed by atoms with E-state index < -0.39 is 0 Å². The van der Waals surface area contributed by atoms with Crippen molar-refractivity contribution in [2.45, 2.75) is 45.1 Å². The van der Waals surface area contributed by atoms with Crippen LogP contribution in [0.4, 0.5) is 0 Å². The summed E-state index contributed by atoms with van der Waals surface area (Å²) in [5.74, 6) is 2.14. The number of fused-ring (bicyclic) bond motifs is 2. The molecule has 0 unspecified atom stereocenters. The molecule has 6 heteroatoms. The number of nitrogens with one attached hydrogen (secondary N) is 1. The summed E-state index contributed by atoms with van der Waals surface area (Å²) in [6, 6.07) is 6.28. The number of hydrogen-bond acceptors (Lipinski definition) is 5. The molecule has 0 aliphatic carbocycles. The van der Waals surface area contributed by atoms with Crippen LogP contribution in [0.5, 0.6) is 0 Å². The van der Waals surface area contributed by atoms with E-state index in [1.165, 1.54) is 18.7 Å². The van der Waals surface area contributed by atoms with Gasteiger partial charge in [0.05, 0.1) is 23.8 Å². The summed E-state index contributed by atoms with van der Waals surface area (Å²) in [5, 5.41) is 4.31. The third-order valence-corrected chi connectivity index (χ3v) is 5.98. The summed E-state index contributed by atoms with van der Waals surface area (Å²) >= 11 is 0. The van der Waals surface area contributed by atoms with Crippen molar-refractivity contribution in [3.05, 3.63) is 42.2 Å². The SMILES string of the molecule is O=C(Cc1ncc2ccc(-c3cnc4n3CCCC4)cc2n1)[C@@H]1CCCNC1. The van der Waals surface area contributed by atoms with E-state index in [1.807, 2.05) is 12.4 Å². The van der Waals surface area contributed by atoms with Crippen LogP contribution in [0.1, 0.15) is 37.3 Å². The fourth-order valence-corrected chi connectivity index (χ4v) is 4.38. The Kier molecular flexibility index (Phi) is 4.64. The maximum Gasteiger partial charge on any atom is 0.144 e. The quantitative estimate of drug-likeness (QED) is 0.759. The van der Waals surface area contributed by atoms with Gasteiger partial charge in [0.2, 0.25) is 0 Å². The summed E-state index contributed by atoms with van der Waals surface area (Å²) in [6.07, 6.45) is 9.63. The number of carbonyl (C=O) groups excluding carboxylic acids is 1. The van der Waals surface area contributed by atoms with Gasteiger partial charge in [-0.05, 0) is 38.3 Å². The maximum atomic E-state index is 12.6. The predicted molar refractivity (Wildman–Crippen MR) is 108 cm³/mol. The maximum absolute atomic E-state index is 12.6. The average molecular weight is 375 g/mol. The van der Waals surface area contributed by atoms with Gasteiger partial charge < -0.3 is 9.88 Å². The zero-order valence-electron chi connectivity index (χ0n) is 16.0. The monoisotopic (exact) mass is 375 g/mol. The van der Waals surface area contributed by atoms with Crippen LogP contribution in [0.25, 0.3) is 22.2 Å². The average Bonchev–Trinajstić information content (AvgIpc) is 3.18.